The standard InChI is InChI=1S/C21H23ClN4O3/c1-13(2)12-29-19-9-8-15(10-18(19)22)23-21(27)20-14(3)26(25-24-20)16-6-5-7-17(11-16)28-4/h5-11,13H,12H2,1-4H3,(H,23,27). The Morgan fingerprint density at radius 2 is 2.03 bits per heavy atom. The van der Waals surface area contributed by atoms with Crippen LogP contribution >= 0.6 is 11.6 Å². The number of anilines is 1. The minimum Gasteiger partial charge on any atom is -0.497 e. The van der Waals surface area contributed by atoms with E-state index in [2.05, 4.69) is 29.5 Å². The molecule has 1 N–H and O–H groups in total. The second kappa shape index (κ2) is 8.96. The van der Waals surface area contributed by atoms with Crippen molar-refractivity contribution >= 4 is 23.2 Å². The number of carbonyl (C=O) groups is 1. The molecule has 0 fully saturated rings. The molecule has 2 aromatic carbocycles. The van der Waals surface area contributed by atoms with E-state index in [0.29, 0.717) is 40.4 Å². The molecule has 1 heterocycles. The second-order valence-electron chi connectivity index (χ2n) is 6.94. The maximum absolute atomic E-state index is 12.7. The molecule has 0 unspecified atom stereocenters. The summed E-state index contributed by atoms with van der Waals surface area (Å²) in [4.78, 5) is 12.7. The minimum atomic E-state index is -0.372. The van der Waals surface area contributed by atoms with E-state index in [1.54, 1.807) is 36.9 Å². The molecule has 3 rings (SSSR count). The second-order valence-corrected chi connectivity index (χ2v) is 7.35. The van der Waals surface area contributed by atoms with E-state index in [1.807, 2.05) is 24.3 Å². The van der Waals surface area contributed by atoms with Gasteiger partial charge in [0.1, 0.15) is 11.5 Å². The predicted octanol–water partition coefficient (Wildman–Crippen LogP) is 4.52. The lowest BCUT2D eigenvalue weighted by molar-refractivity contribution is 0.102. The Balaban J connectivity index is 1.76. The third kappa shape index (κ3) is 4.86. The number of carbonyl (C=O) groups excluding carboxylic acids is 1. The summed E-state index contributed by atoms with van der Waals surface area (Å²) in [5.74, 6) is 1.29. The summed E-state index contributed by atoms with van der Waals surface area (Å²) in [6.07, 6.45) is 0. The van der Waals surface area contributed by atoms with Crippen molar-refractivity contribution in [1.82, 2.24) is 15.0 Å². The van der Waals surface area contributed by atoms with Crippen LogP contribution in [0.3, 0.4) is 0 Å². The Kier molecular flexibility index (Phi) is 6.39. The van der Waals surface area contributed by atoms with Crippen LogP contribution in [0.1, 0.15) is 30.0 Å². The molecule has 8 heteroatoms. The van der Waals surface area contributed by atoms with Crippen LogP contribution in [0, 0.1) is 12.8 Å². The smallest absolute Gasteiger partial charge is 0.278 e. The zero-order valence-electron chi connectivity index (χ0n) is 16.8. The maximum Gasteiger partial charge on any atom is 0.278 e. The van der Waals surface area contributed by atoms with Gasteiger partial charge in [0, 0.05) is 11.8 Å². The molecule has 3 aromatic rings. The molecule has 0 saturated heterocycles. The van der Waals surface area contributed by atoms with Crippen LogP contribution in [0.2, 0.25) is 5.02 Å². The third-order valence-corrected chi connectivity index (χ3v) is 4.46. The number of nitrogens with zero attached hydrogens (tertiary/aromatic N) is 3. The molecular weight excluding hydrogens is 392 g/mol. The first-order chi connectivity index (χ1) is 13.9. The van der Waals surface area contributed by atoms with Crippen molar-refractivity contribution in [3.63, 3.8) is 0 Å². The van der Waals surface area contributed by atoms with Crippen LogP contribution in [0.25, 0.3) is 5.69 Å². The van der Waals surface area contributed by atoms with Gasteiger partial charge in [-0.05, 0) is 43.2 Å². The highest BCUT2D eigenvalue weighted by molar-refractivity contribution is 6.32. The van der Waals surface area contributed by atoms with Gasteiger partial charge in [-0.3, -0.25) is 4.79 Å². The molecule has 29 heavy (non-hydrogen) atoms. The van der Waals surface area contributed by atoms with Crippen molar-refractivity contribution in [2.75, 3.05) is 19.0 Å². The Labute approximate surface area is 174 Å². The van der Waals surface area contributed by atoms with Gasteiger partial charge in [0.15, 0.2) is 5.69 Å². The molecule has 0 spiro atoms. The predicted molar refractivity (Wildman–Crippen MR) is 112 cm³/mol. The van der Waals surface area contributed by atoms with Gasteiger partial charge < -0.3 is 14.8 Å². The summed E-state index contributed by atoms with van der Waals surface area (Å²) in [7, 11) is 1.59. The normalized spacial score (nSPS) is 10.8. The average Bonchev–Trinajstić information content (AvgIpc) is 3.08. The topological polar surface area (TPSA) is 78.3 Å². The van der Waals surface area contributed by atoms with Gasteiger partial charge in [0.25, 0.3) is 5.91 Å². The van der Waals surface area contributed by atoms with Crippen molar-refractivity contribution < 1.29 is 14.3 Å². The molecule has 0 atom stereocenters. The lowest BCUT2D eigenvalue weighted by Gasteiger charge is -2.11. The van der Waals surface area contributed by atoms with Crippen molar-refractivity contribution in [2.24, 2.45) is 5.92 Å². The average molecular weight is 415 g/mol. The first kappa shape index (κ1) is 20.7. The highest BCUT2D eigenvalue weighted by atomic mass is 35.5. The minimum absolute atomic E-state index is 0.226. The van der Waals surface area contributed by atoms with E-state index in [9.17, 15) is 4.79 Å². The number of halogens is 1. The third-order valence-electron chi connectivity index (χ3n) is 4.17. The fraction of sp³-hybridized carbons (Fsp3) is 0.286. The Morgan fingerprint density at radius 3 is 2.72 bits per heavy atom. The number of benzene rings is 2. The number of rotatable bonds is 7. The van der Waals surface area contributed by atoms with Gasteiger partial charge >= 0.3 is 0 Å². The SMILES string of the molecule is COc1cccc(-n2nnc(C(=O)Nc3ccc(OCC(C)C)c(Cl)c3)c2C)c1. The van der Waals surface area contributed by atoms with Crippen molar-refractivity contribution in [3.8, 4) is 17.2 Å². The van der Waals surface area contributed by atoms with Gasteiger partial charge in [0.05, 0.1) is 30.1 Å². The zero-order chi connectivity index (χ0) is 21.0. The molecule has 7 nitrogen and oxygen atoms in total. The molecule has 1 aromatic heterocycles. The lowest BCUT2D eigenvalue weighted by Crippen LogP contribution is -2.14. The lowest BCUT2D eigenvalue weighted by atomic mass is 10.2. The first-order valence-electron chi connectivity index (χ1n) is 9.19. The molecule has 0 aliphatic rings. The number of aromatic nitrogens is 3. The fourth-order valence-corrected chi connectivity index (χ4v) is 2.90. The van der Waals surface area contributed by atoms with E-state index >= 15 is 0 Å². The molecule has 0 aliphatic carbocycles. The van der Waals surface area contributed by atoms with Gasteiger partial charge in [-0.2, -0.15) is 0 Å². The monoisotopic (exact) mass is 414 g/mol. The van der Waals surface area contributed by atoms with Crippen LogP contribution in [0.15, 0.2) is 42.5 Å². The quantitative estimate of drug-likeness (QED) is 0.614. The number of ether oxygens (including phenoxy) is 2. The summed E-state index contributed by atoms with van der Waals surface area (Å²) in [6, 6.07) is 12.5. The van der Waals surface area contributed by atoms with Crippen molar-refractivity contribution in [1.29, 1.82) is 0 Å². The number of methoxy groups -OCH3 is 1. The zero-order valence-corrected chi connectivity index (χ0v) is 17.5. The molecule has 1 amide bonds. The van der Waals surface area contributed by atoms with E-state index in [4.69, 9.17) is 21.1 Å². The summed E-state index contributed by atoms with van der Waals surface area (Å²) >= 11 is 6.27. The van der Waals surface area contributed by atoms with Crippen LogP contribution in [-0.4, -0.2) is 34.6 Å². The molecule has 0 radical (unpaired) electrons. The van der Waals surface area contributed by atoms with Gasteiger partial charge in [-0.1, -0.05) is 36.7 Å². The number of hydrogen-bond donors (Lipinski definition) is 1. The molecular formula is C21H23ClN4O3. The Bertz CT molecular complexity index is 1020. The maximum atomic E-state index is 12.7. The Morgan fingerprint density at radius 1 is 1.24 bits per heavy atom. The van der Waals surface area contributed by atoms with Crippen molar-refractivity contribution in [3.05, 3.63) is 58.9 Å². The van der Waals surface area contributed by atoms with E-state index < -0.39 is 0 Å². The first-order valence-corrected chi connectivity index (χ1v) is 9.57. The van der Waals surface area contributed by atoms with Gasteiger partial charge in [-0.25, -0.2) is 4.68 Å². The summed E-state index contributed by atoms with van der Waals surface area (Å²) in [5.41, 5.74) is 2.14. The number of hydrogen-bond acceptors (Lipinski definition) is 5. The molecule has 0 aliphatic heterocycles. The van der Waals surface area contributed by atoms with Gasteiger partial charge in [0.2, 0.25) is 0 Å². The summed E-state index contributed by atoms with van der Waals surface area (Å²) in [6.45, 7) is 6.47. The van der Waals surface area contributed by atoms with E-state index in [0.717, 1.165) is 5.69 Å². The highest BCUT2D eigenvalue weighted by Gasteiger charge is 2.18. The fourth-order valence-electron chi connectivity index (χ4n) is 2.67. The molecule has 0 bridgehead atoms. The van der Waals surface area contributed by atoms with E-state index in [1.165, 1.54) is 0 Å². The summed E-state index contributed by atoms with van der Waals surface area (Å²) in [5, 5.41) is 11.4. The van der Waals surface area contributed by atoms with Crippen LogP contribution in [0.4, 0.5) is 5.69 Å². The highest BCUT2D eigenvalue weighted by Crippen LogP contribution is 2.28. The van der Waals surface area contributed by atoms with Crippen molar-refractivity contribution in [2.45, 2.75) is 20.8 Å². The van der Waals surface area contributed by atoms with Crippen LogP contribution in [-0.2, 0) is 0 Å². The molecule has 152 valence electrons. The van der Waals surface area contributed by atoms with E-state index in [-0.39, 0.29) is 11.6 Å². The summed E-state index contributed by atoms with van der Waals surface area (Å²) < 4.78 is 12.5. The Hall–Kier alpha value is -3.06. The largest absolute Gasteiger partial charge is 0.497 e. The number of amides is 1. The number of nitrogens with one attached hydrogen (secondary N) is 1. The van der Waals surface area contributed by atoms with Gasteiger partial charge in [-0.15, -0.1) is 5.10 Å². The van der Waals surface area contributed by atoms with Crippen LogP contribution in [0.5, 0.6) is 11.5 Å². The van der Waals surface area contributed by atoms with Crippen LogP contribution < -0.4 is 14.8 Å². The molecule has 0 saturated carbocycles.